The molecule has 0 bridgehead atoms. The van der Waals surface area contributed by atoms with Crippen molar-refractivity contribution in [3.63, 3.8) is 0 Å². The Morgan fingerprint density at radius 2 is 2.00 bits per heavy atom. The van der Waals surface area contributed by atoms with Crippen molar-refractivity contribution in [3.05, 3.63) is 59.4 Å². The quantitative estimate of drug-likeness (QED) is 0.844. The Labute approximate surface area is 139 Å². The number of halogens is 1. The number of rotatable bonds is 5. The van der Waals surface area contributed by atoms with E-state index in [-0.39, 0.29) is 17.8 Å². The Hall–Kier alpha value is -2.85. The first kappa shape index (κ1) is 17.5. The largest absolute Gasteiger partial charge is 0.478 e. The van der Waals surface area contributed by atoms with Gasteiger partial charge in [-0.15, -0.1) is 6.42 Å². The molecule has 124 valence electrons. The summed E-state index contributed by atoms with van der Waals surface area (Å²) < 4.78 is 40.6. The summed E-state index contributed by atoms with van der Waals surface area (Å²) in [6.07, 6.45) is 5.31. The maximum atomic E-state index is 14.1. The Morgan fingerprint density at radius 3 is 2.58 bits per heavy atom. The minimum absolute atomic E-state index is 0.0209. The number of terminal acetylenes is 1. The number of carboxylic acids is 1. The van der Waals surface area contributed by atoms with Gasteiger partial charge in [-0.2, -0.15) is 0 Å². The van der Waals surface area contributed by atoms with E-state index in [2.05, 4.69) is 5.92 Å². The molecule has 0 aliphatic carbocycles. The normalized spacial score (nSPS) is 10.9. The van der Waals surface area contributed by atoms with Crippen LogP contribution >= 0.6 is 0 Å². The first-order chi connectivity index (χ1) is 11.3. The van der Waals surface area contributed by atoms with E-state index in [0.29, 0.717) is 5.56 Å². The topological polar surface area (TPSA) is 74.7 Å². The van der Waals surface area contributed by atoms with Crippen molar-refractivity contribution in [1.82, 2.24) is 0 Å². The molecule has 0 aliphatic rings. The fraction of sp³-hybridized carbons (Fsp3) is 0.118. The van der Waals surface area contributed by atoms with Crippen LogP contribution in [0.4, 0.5) is 10.1 Å². The fourth-order valence-corrected chi connectivity index (χ4v) is 3.75. The van der Waals surface area contributed by atoms with E-state index in [1.807, 2.05) is 0 Å². The molecule has 0 saturated heterocycles. The van der Waals surface area contributed by atoms with Gasteiger partial charge in [0.15, 0.2) is 0 Å². The predicted octanol–water partition coefficient (Wildman–Crippen LogP) is 2.72. The molecule has 0 unspecified atom stereocenters. The van der Waals surface area contributed by atoms with E-state index in [0.717, 1.165) is 22.5 Å². The summed E-state index contributed by atoms with van der Waals surface area (Å²) in [6.45, 7) is 1.60. The third kappa shape index (κ3) is 3.24. The fourth-order valence-electron chi connectivity index (χ4n) is 2.19. The van der Waals surface area contributed by atoms with Gasteiger partial charge in [-0.25, -0.2) is 17.6 Å². The molecule has 0 aliphatic heterocycles. The molecule has 2 aromatic rings. The number of carbonyl (C=O) groups is 1. The number of hydrogen-bond donors (Lipinski definition) is 1. The van der Waals surface area contributed by atoms with Gasteiger partial charge in [0, 0.05) is 12.1 Å². The zero-order valence-electron chi connectivity index (χ0n) is 12.7. The smallest absolute Gasteiger partial charge is 0.335 e. The molecular weight excluding hydrogens is 333 g/mol. The van der Waals surface area contributed by atoms with Gasteiger partial charge in [0.1, 0.15) is 10.7 Å². The molecule has 7 heteroatoms. The van der Waals surface area contributed by atoms with Gasteiger partial charge in [0.2, 0.25) is 0 Å². The van der Waals surface area contributed by atoms with Crippen molar-refractivity contribution in [1.29, 1.82) is 0 Å². The van der Waals surface area contributed by atoms with Crippen molar-refractivity contribution in [2.75, 3.05) is 10.8 Å². The number of sulfonamides is 1. The van der Waals surface area contributed by atoms with E-state index < -0.39 is 26.7 Å². The summed E-state index contributed by atoms with van der Waals surface area (Å²) in [6, 6.07) is 8.87. The van der Waals surface area contributed by atoms with Crippen molar-refractivity contribution in [2.45, 2.75) is 11.8 Å². The molecule has 0 fully saturated rings. The Balaban J connectivity index is 2.61. The summed E-state index contributed by atoms with van der Waals surface area (Å²) in [7, 11) is -4.29. The molecule has 1 N–H and O–H groups in total. The first-order valence-corrected chi connectivity index (χ1v) is 8.37. The van der Waals surface area contributed by atoms with Gasteiger partial charge in [-0.1, -0.05) is 12.0 Å². The minimum atomic E-state index is -4.29. The zero-order chi connectivity index (χ0) is 17.9. The number of benzene rings is 2. The van der Waals surface area contributed by atoms with Gasteiger partial charge in [-0.05, 0) is 43.3 Å². The van der Waals surface area contributed by atoms with Crippen molar-refractivity contribution < 1.29 is 22.7 Å². The highest BCUT2D eigenvalue weighted by Crippen LogP contribution is 2.26. The van der Waals surface area contributed by atoms with E-state index in [4.69, 9.17) is 11.5 Å². The summed E-state index contributed by atoms with van der Waals surface area (Å²) >= 11 is 0. The van der Waals surface area contributed by atoms with Crippen LogP contribution in [-0.2, 0) is 10.0 Å². The van der Waals surface area contributed by atoms with Crippen LogP contribution < -0.4 is 4.31 Å². The first-order valence-electron chi connectivity index (χ1n) is 6.93. The zero-order valence-corrected chi connectivity index (χ0v) is 13.5. The van der Waals surface area contributed by atoms with Crippen LogP contribution in [-0.4, -0.2) is 26.0 Å². The van der Waals surface area contributed by atoms with Gasteiger partial charge in [-0.3, -0.25) is 4.31 Å². The lowest BCUT2D eigenvalue weighted by Crippen LogP contribution is -2.31. The van der Waals surface area contributed by atoms with Gasteiger partial charge >= 0.3 is 5.97 Å². The van der Waals surface area contributed by atoms with Crippen LogP contribution in [0.15, 0.2) is 47.4 Å². The molecule has 0 atom stereocenters. The average molecular weight is 347 g/mol. The lowest BCUT2D eigenvalue weighted by molar-refractivity contribution is 0.0696. The average Bonchev–Trinajstić information content (AvgIpc) is 2.55. The van der Waals surface area contributed by atoms with Crippen LogP contribution in [0.25, 0.3) is 0 Å². The molecule has 0 saturated carbocycles. The molecule has 0 heterocycles. The maximum absolute atomic E-state index is 14.1. The predicted molar refractivity (Wildman–Crippen MR) is 87.9 cm³/mol. The van der Waals surface area contributed by atoms with E-state index in [1.165, 1.54) is 12.1 Å². The van der Waals surface area contributed by atoms with E-state index >= 15 is 0 Å². The highest BCUT2D eigenvalue weighted by molar-refractivity contribution is 7.92. The second-order valence-electron chi connectivity index (χ2n) is 4.81. The van der Waals surface area contributed by atoms with Crippen LogP contribution in [0.3, 0.4) is 0 Å². The van der Waals surface area contributed by atoms with Gasteiger partial charge < -0.3 is 5.11 Å². The monoisotopic (exact) mass is 347 g/mol. The van der Waals surface area contributed by atoms with Crippen LogP contribution in [0.5, 0.6) is 0 Å². The molecule has 5 nitrogen and oxygen atoms in total. The van der Waals surface area contributed by atoms with Crippen molar-refractivity contribution in [3.8, 4) is 12.3 Å². The standard InChI is InChI=1S/C17H14FNO4S/c1-3-12-6-5-7-14(10-12)19(4-2)24(22,23)16-11-13(17(20)21)8-9-15(16)18/h1,5-11H,4H2,2H3,(H,20,21). The van der Waals surface area contributed by atoms with Crippen LogP contribution in [0.2, 0.25) is 0 Å². The molecule has 0 amide bonds. The maximum Gasteiger partial charge on any atom is 0.335 e. The van der Waals surface area contributed by atoms with E-state index in [1.54, 1.807) is 19.1 Å². The number of hydrogen-bond acceptors (Lipinski definition) is 3. The Bertz CT molecular complexity index is 932. The number of aromatic carboxylic acids is 1. The van der Waals surface area contributed by atoms with Gasteiger partial charge in [0.25, 0.3) is 10.0 Å². The molecule has 2 rings (SSSR count). The third-order valence-electron chi connectivity index (χ3n) is 3.33. The molecule has 0 aromatic heterocycles. The summed E-state index contributed by atoms with van der Waals surface area (Å²) in [5, 5.41) is 8.99. The second kappa shape index (κ2) is 6.72. The molecule has 2 aromatic carbocycles. The van der Waals surface area contributed by atoms with Crippen molar-refractivity contribution in [2.24, 2.45) is 0 Å². The number of anilines is 1. The SMILES string of the molecule is C#Cc1cccc(N(CC)S(=O)(=O)c2cc(C(=O)O)ccc2F)c1. The van der Waals surface area contributed by atoms with E-state index in [9.17, 15) is 17.6 Å². The number of nitrogens with zero attached hydrogens (tertiary/aromatic N) is 1. The highest BCUT2D eigenvalue weighted by atomic mass is 32.2. The lowest BCUT2D eigenvalue weighted by atomic mass is 10.2. The third-order valence-corrected chi connectivity index (χ3v) is 5.25. The van der Waals surface area contributed by atoms with Crippen molar-refractivity contribution >= 4 is 21.7 Å². The highest BCUT2D eigenvalue weighted by Gasteiger charge is 2.28. The Kier molecular flexibility index (Phi) is 4.90. The molecular formula is C17H14FNO4S. The lowest BCUT2D eigenvalue weighted by Gasteiger charge is -2.23. The summed E-state index contributed by atoms with van der Waals surface area (Å²) in [4.78, 5) is 10.3. The Morgan fingerprint density at radius 1 is 1.29 bits per heavy atom. The summed E-state index contributed by atoms with van der Waals surface area (Å²) in [5.41, 5.74) is 0.428. The molecule has 24 heavy (non-hydrogen) atoms. The van der Waals surface area contributed by atoms with Crippen LogP contribution in [0.1, 0.15) is 22.8 Å². The summed E-state index contributed by atoms with van der Waals surface area (Å²) in [5.74, 6) is 0.0343. The molecule has 0 radical (unpaired) electrons. The van der Waals surface area contributed by atoms with Gasteiger partial charge in [0.05, 0.1) is 11.3 Å². The second-order valence-corrected chi connectivity index (χ2v) is 6.65. The minimum Gasteiger partial charge on any atom is -0.478 e. The molecule has 0 spiro atoms. The van der Waals surface area contributed by atoms with Crippen LogP contribution in [0, 0.1) is 18.2 Å². The number of carboxylic acid groups (broad SMARTS) is 1.